The molecule has 0 aromatic heterocycles. The zero-order chi connectivity index (χ0) is 9.26. The van der Waals surface area contributed by atoms with Gasteiger partial charge in [0.25, 0.3) is 5.91 Å². The summed E-state index contributed by atoms with van der Waals surface area (Å²) in [4.78, 5) is 21.5. The summed E-state index contributed by atoms with van der Waals surface area (Å²) in [5.41, 5.74) is 1.99. The molecule has 1 aliphatic rings. The van der Waals surface area contributed by atoms with E-state index < -0.39 is 0 Å². The van der Waals surface area contributed by atoms with Gasteiger partial charge in [0.05, 0.1) is 5.57 Å². The lowest BCUT2D eigenvalue weighted by molar-refractivity contribution is -0.111. The number of aldehydes is 1. The highest BCUT2D eigenvalue weighted by Crippen LogP contribution is 2.30. The molecule has 1 heterocycles. The second-order valence-electron chi connectivity index (χ2n) is 2.72. The maximum atomic E-state index is 11.3. The third kappa shape index (κ3) is 1.14. The Morgan fingerprint density at radius 1 is 1.23 bits per heavy atom. The van der Waals surface area contributed by atoms with Crippen molar-refractivity contribution in [2.45, 2.75) is 0 Å². The molecule has 1 aromatic rings. The van der Waals surface area contributed by atoms with Crippen LogP contribution in [0.2, 0.25) is 0 Å². The topological polar surface area (TPSA) is 46.2 Å². The summed E-state index contributed by atoms with van der Waals surface area (Å²) in [7, 11) is 0. The van der Waals surface area contributed by atoms with Crippen molar-refractivity contribution in [1.82, 2.24) is 0 Å². The molecule has 0 atom stereocenters. The molecular formula is C10H7NO2. The molecule has 0 saturated carbocycles. The molecule has 1 aliphatic heterocycles. The summed E-state index contributed by atoms with van der Waals surface area (Å²) in [6.07, 6.45) is 1.90. The Hall–Kier alpha value is -1.90. The molecule has 0 fully saturated rings. The number of hydrogen-bond acceptors (Lipinski definition) is 2. The van der Waals surface area contributed by atoms with Crippen molar-refractivity contribution >= 4 is 23.5 Å². The maximum Gasteiger partial charge on any atom is 0.256 e. The van der Waals surface area contributed by atoms with Crippen LogP contribution in [0, 0.1) is 0 Å². The number of allylic oxidation sites excluding steroid dienone is 1. The van der Waals surface area contributed by atoms with Crippen LogP contribution >= 0.6 is 0 Å². The Labute approximate surface area is 75.1 Å². The molecule has 0 spiro atoms. The quantitative estimate of drug-likeness (QED) is 0.512. The van der Waals surface area contributed by atoms with Crippen LogP contribution in [0.25, 0.3) is 5.57 Å². The van der Waals surface area contributed by atoms with Crippen LogP contribution in [0.4, 0.5) is 5.69 Å². The van der Waals surface area contributed by atoms with Gasteiger partial charge in [0.1, 0.15) is 6.29 Å². The number of carbonyl (C=O) groups is 2. The van der Waals surface area contributed by atoms with Gasteiger partial charge in [-0.1, -0.05) is 18.2 Å². The van der Waals surface area contributed by atoms with Crippen molar-refractivity contribution in [1.29, 1.82) is 0 Å². The van der Waals surface area contributed by atoms with Crippen LogP contribution in [0.15, 0.2) is 30.3 Å². The lowest BCUT2D eigenvalue weighted by atomic mass is 10.1. The van der Waals surface area contributed by atoms with Gasteiger partial charge in [0, 0.05) is 11.3 Å². The summed E-state index contributed by atoms with van der Waals surface area (Å²) >= 11 is 0. The number of carbonyl (C=O) groups excluding carboxylic acids is 2. The number of hydrogen-bond donors (Lipinski definition) is 1. The van der Waals surface area contributed by atoms with Gasteiger partial charge >= 0.3 is 0 Å². The molecule has 0 aliphatic carbocycles. The largest absolute Gasteiger partial charge is 0.321 e. The fourth-order valence-corrected chi connectivity index (χ4v) is 1.37. The van der Waals surface area contributed by atoms with Gasteiger partial charge in [-0.2, -0.15) is 0 Å². The highest BCUT2D eigenvalue weighted by molar-refractivity contribution is 6.33. The maximum absolute atomic E-state index is 11.3. The zero-order valence-corrected chi connectivity index (χ0v) is 6.78. The van der Waals surface area contributed by atoms with Crippen LogP contribution in [0.1, 0.15) is 5.56 Å². The molecule has 1 N–H and O–H groups in total. The van der Waals surface area contributed by atoms with Crippen molar-refractivity contribution in [3.63, 3.8) is 0 Å². The van der Waals surface area contributed by atoms with Crippen molar-refractivity contribution in [3.05, 3.63) is 35.9 Å². The first-order chi connectivity index (χ1) is 6.33. The molecule has 1 amide bonds. The Morgan fingerprint density at radius 3 is 2.77 bits per heavy atom. The number of rotatable bonds is 1. The van der Waals surface area contributed by atoms with Crippen LogP contribution < -0.4 is 5.32 Å². The van der Waals surface area contributed by atoms with E-state index in [9.17, 15) is 9.59 Å². The average molecular weight is 173 g/mol. The van der Waals surface area contributed by atoms with Crippen molar-refractivity contribution < 1.29 is 9.59 Å². The fraction of sp³-hybridized carbons (Fsp3) is 0. The van der Waals surface area contributed by atoms with E-state index in [-0.39, 0.29) is 5.91 Å². The van der Waals surface area contributed by atoms with Crippen molar-refractivity contribution in [3.8, 4) is 0 Å². The predicted molar refractivity (Wildman–Crippen MR) is 49.1 cm³/mol. The number of benzene rings is 1. The summed E-state index contributed by atoms with van der Waals surface area (Å²) < 4.78 is 0. The summed E-state index contributed by atoms with van der Waals surface area (Å²) in [6, 6.07) is 7.28. The molecule has 0 bridgehead atoms. The van der Waals surface area contributed by atoms with E-state index in [2.05, 4.69) is 5.32 Å². The van der Waals surface area contributed by atoms with Crippen molar-refractivity contribution in [2.24, 2.45) is 0 Å². The minimum Gasteiger partial charge on any atom is -0.321 e. The first kappa shape index (κ1) is 7.73. The number of fused-ring (bicyclic) bond motifs is 1. The molecule has 0 radical (unpaired) electrons. The fourth-order valence-electron chi connectivity index (χ4n) is 1.37. The lowest BCUT2D eigenvalue weighted by Gasteiger charge is -1.93. The minimum absolute atomic E-state index is 0.215. The molecule has 64 valence electrons. The van der Waals surface area contributed by atoms with E-state index in [1.54, 1.807) is 6.07 Å². The van der Waals surface area contributed by atoms with Gasteiger partial charge in [-0.25, -0.2) is 0 Å². The summed E-state index contributed by atoms with van der Waals surface area (Å²) in [5.74, 6) is -0.215. The van der Waals surface area contributed by atoms with E-state index in [1.165, 1.54) is 6.08 Å². The van der Waals surface area contributed by atoms with Gasteiger partial charge in [0.15, 0.2) is 0 Å². The number of amides is 1. The monoisotopic (exact) mass is 173 g/mol. The van der Waals surface area contributed by atoms with E-state index in [0.717, 1.165) is 11.3 Å². The molecule has 0 unspecified atom stereocenters. The lowest BCUT2D eigenvalue weighted by Crippen LogP contribution is -2.03. The Kier molecular flexibility index (Phi) is 1.70. The molecule has 3 nitrogen and oxygen atoms in total. The molecular weight excluding hydrogens is 166 g/mol. The van der Waals surface area contributed by atoms with Gasteiger partial charge in [-0.15, -0.1) is 0 Å². The standard InChI is InChI=1S/C10H7NO2/c12-6-5-8-7-3-1-2-4-9(7)11-10(8)13/h1-6H,(H,11,13)/b8-5+. The SMILES string of the molecule is O=C/C=C1/C(=O)Nc2ccccc21. The summed E-state index contributed by atoms with van der Waals surface area (Å²) in [6.45, 7) is 0. The highest BCUT2D eigenvalue weighted by atomic mass is 16.2. The third-order valence-corrected chi connectivity index (χ3v) is 1.94. The number of para-hydroxylation sites is 1. The zero-order valence-electron chi connectivity index (χ0n) is 6.78. The van der Waals surface area contributed by atoms with E-state index in [4.69, 9.17) is 0 Å². The first-order valence-corrected chi connectivity index (χ1v) is 3.89. The average Bonchev–Trinajstić information content (AvgIpc) is 2.44. The molecule has 3 heteroatoms. The Balaban J connectivity index is 2.59. The molecule has 13 heavy (non-hydrogen) atoms. The predicted octanol–water partition coefficient (Wildman–Crippen LogP) is 1.22. The van der Waals surface area contributed by atoms with Crippen LogP contribution in [-0.2, 0) is 9.59 Å². The smallest absolute Gasteiger partial charge is 0.256 e. The van der Waals surface area contributed by atoms with E-state index in [1.807, 2.05) is 18.2 Å². The number of nitrogens with one attached hydrogen (secondary N) is 1. The molecule has 1 aromatic carbocycles. The first-order valence-electron chi connectivity index (χ1n) is 3.89. The van der Waals surface area contributed by atoms with Gasteiger partial charge in [0.2, 0.25) is 0 Å². The highest BCUT2D eigenvalue weighted by Gasteiger charge is 2.22. The number of anilines is 1. The Bertz CT molecular complexity index is 407. The molecule has 2 rings (SSSR count). The Morgan fingerprint density at radius 2 is 2.00 bits per heavy atom. The van der Waals surface area contributed by atoms with Crippen LogP contribution in [0.5, 0.6) is 0 Å². The van der Waals surface area contributed by atoms with Gasteiger partial charge < -0.3 is 5.32 Å². The second kappa shape index (κ2) is 2.86. The molecule has 0 saturated heterocycles. The normalized spacial score (nSPS) is 16.9. The van der Waals surface area contributed by atoms with Crippen LogP contribution in [0.3, 0.4) is 0 Å². The van der Waals surface area contributed by atoms with Crippen molar-refractivity contribution in [2.75, 3.05) is 5.32 Å². The van der Waals surface area contributed by atoms with Gasteiger partial charge in [-0.3, -0.25) is 9.59 Å². The van der Waals surface area contributed by atoms with E-state index in [0.29, 0.717) is 11.9 Å². The van der Waals surface area contributed by atoms with Gasteiger partial charge in [-0.05, 0) is 12.1 Å². The summed E-state index contributed by atoms with van der Waals surface area (Å²) in [5, 5.41) is 2.67. The van der Waals surface area contributed by atoms with E-state index >= 15 is 0 Å². The van der Waals surface area contributed by atoms with Crippen LogP contribution in [-0.4, -0.2) is 12.2 Å². The minimum atomic E-state index is -0.215. The second-order valence-corrected chi connectivity index (χ2v) is 2.72. The third-order valence-electron chi connectivity index (χ3n) is 1.94.